The lowest BCUT2D eigenvalue weighted by molar-refractivity contribution is 0.0563. The summed E-state index contributed by atoms with van der Waals surface area (Å²) in [5.41, 5.74) is 1.82. The number of carbonyl (C=O) groups is 1. The minimum Gasteiger partial charge on any atom is -0.444 e. The van der Waals surface area contributed by atoms with E-state index >= 15 is 0 Å². The first-order chi connectivity index (χ1) is 11.8. The molecule has 1 amide bonds. The molecule has 0 radical (unpaired) electrons. The van der Waals surface area contributed by atoms with Crippen LogP contribution in [0.5, 0.6) is 0 Å². The van der Waals surface area contributed by atoms with Crippen molar-refractivity contribution in [2.45, 2.75) is 64.5 Å². The Bertz CT molecular complexity index is 681. The van der Waals surface area contributed by atoms with Crippen molar-refractivity contribution in [2.24, 2.45) is 10.9 Å². The first kappa shape index (κ1) is 18.3. The number of ether oxygens (including phenoxy) is 1. The molecule has 3 rings (SSSR count). The monoisotopic (exact) mass is 360 g/mol. The fraction of sp³-hybridized carbons (Fsp3) is 0.600. The molecule has 1 aromatic rings. The number of carbonyl (C=O) groups excluding carboxylic acids is 1. The molecule has 1 N–H and O–H groups in total. The van der Waals surface area contributed by atoms with E-state index in [-0.39, 0.29) is 5.54 Å². The fourth-order valence-electron chi connectivity index (χ4n) is 3.80. The van der Waals surface area contributed by atoms with Crippen LogP contribution in [0.15, 0.2) is 29.3 Å². The van der Waals surface area contributed by atoms with Gasteiger partial charge in [-0.1, -0.05) is 54.4 Å². The number of nitrogens with one attached hydrogen (secondary N) is 1. The van der Waals surface area contributed by atoms with E-state index in [1.54, 1.807) is 11.8 Å². The molecule has 25 heavy (non-hydrogen) atoms. The lowest BCUT2D eigenvalue weighted by Crippen LogP contribution is -2.45. The molecule has 0 bridgehead atoms. The lowest BCUT2D eigenvalue weighted by Gasteiger charge is -2.44. The predicted octanol–water partition coefficient (Wildman–Crippen LogP) is 5.01. The molecule has 1 fully saturated rings. The molecule has 0 unspecified atom stereocenters. The number of aryl methyl sites for hydroxylation is 1. The van der Waals surface area contributed by atoms with E-state index in [0.29, 0.717) is 11.1 Å². The molecule has 0 spiro atoms. The summed E-state index contributed by atoms with van der Waals surface area (Å²) in [6.45, 7) is 7.73. The average Bonchev–Trinajstić information content (AvgIpc) is 2.52. The van der Waals surface area contributed by atoms with Gasteiger partial charge in [0.15, 0.2) is 5.17 Å². The molecule has 4 nitrogen and oxygen atoms in total. The summed E-state index contributed by atoms with van der Waals surface area (Å²) in [6, 6.07) is 8.68. The fourth-order valence-corrected chi connectivity index (χ4v) is 4.99. The van der Waals surface area contributed by atoms with Gasteiger partial charge in [-0.25, -0.2) is 4.79 Å². The van der Waals surface area contributed by atoms with Gasteiger partial charge in [-0.15, -0.1) is 0 Å². The number of aliphatic imine (C=N–C) groups is 1. The van der Waals surface area contributed by atoms with Gasteiger partial charge in [0.2, 0.25) is 0 Å². The van der Waals surface area contributed by atoms with Gasteiger partial charge in [-0.3, -0.25) is 10.3 Å². The molecule has 1 aromatic carbocycles. The second-order valence-electron chi connectivity index (χ2n) is 8.09. The Labute approximate surface area is 154 Å². The van der Waals surface area contributed by atoms with E-state index < -0.39 is 11.7 Å². The molecule has 2 aliphatic rings. The number of hydrogen-bond acceptors (Lipinski definition) is 4. The molecule has 1 saturated carbocycles. The third-order valence-electron chi connectivity index (χ3n) is 4.88. The molecule has 1 heterocycles. The molecule has 5 heteroatoms. The molecule has 0 aromatic heterocycles. The Kier molecular flexibility index (Phi) is 5.14. The average molecular weight is 361 g/mol. The Morgan fingerprint density at radius 1 is 1.36 bits per heavy atom. The number of nitrogens with zero attached hydrogens (tertiary/aromatic N) is 1. The van der Waals surface area contributed by atoms with E-state index in [9.17, 15) is 4.79 Å². The zero-order chi connectivity index (χ0) is 18.1. The highest BCUT2D eigenvalue weighted by Gasteiger charge is 2.45. The van der Waals surface area contributed by atoms with Gasteiger partial charge < -0.3 is 4.74 Å². The van der Waals surface area contributed by atoms with Crippen molar-refractivity contribution in [1.29, 1.82) is 0 Å². The summed E-state index contributed by atoms with van der Waals surface area (Å²) in [5.74, 6) is 1.51. The molecule has 2 atom stereocenters. The van der Waals surface area contributed by atoms with Gasteiger partial charge in [-0.05, 0) is 52.0 Å². The number of fused-ring (bicyclic) bond motifs is 1. The number of thioether (sulfide) groups is 1. The van der Waals surface area contributed by atoms with Gasteiger partial charge in [0.1, 0.15) is 5.60 Å². The topological polar surface area (TPSA) is 50.7 Å². The smallest absolute Gasteiger partial charge is 0.413 e. The van der Waals surface area contributed by atoms with Crippen LogP contribution in [0.1, 0.15) is 57.6 Å². The van der Waals surface area contributed by atoms with Crippen LogP contribution in [0, 0.1) is 12.8 Å². The van der Waals surface area contributed by atoms with E-state index in [1.807, 2.05) is 20.8 Å². The Balaban J connectivity index is 1.90. The normalized spacial score (nSPS) is 26.4. The largest absolute Gasteiger partial charge is 0.444 e. The number of amidine groups is 1. The first-order valence-corrected chi connectivity index (χ1v) is 10.1. The van der Waals surface area contributed by atoms with Crippen LogP contribution in [-0.4, -0.2) is 22.6 Å². The van der Waals surface area contributed by atoms with Crippen LogP contribution in [0.2, 0.25) is 0 Å². The van der Waals surface area contributed by atoms with Crippen molar-refractivity contribution < 1.29 is 9.53 Å². The SMILES string of the molecule is Cc1cccc([C@]23CCCC[C@H]2CSC(NC(=O)OC(C)(C)C)=N3)c1. The molecular weight excluding hydrogens is 332 g/mol. The van der Waals surface area contributed by atoms with Crippen LogP contribution >= 0.6 is 11.8 Å². The maximum atomic E-state index is 12.2. The van der Waals surface area contributed by atoms with Gasteiger partial charge >= 0.3 is 6.09 Å². The van der Waals surface area contributed by atoms with Crippen LogP contribution in [0.4, 0.5) is 4.79 Å². The van der Waals surface area contributed by atoms with Gasteiger partial charge in [-0.2, -0.15) is 0 Å². The summed E-state index contributed by atoms with van der Waals surface area (Å²) in [4.78, 5) is 17.2. The van der Waals surface area contributed by atoms with Crippen molar-refractivity contribution >= 4 is 23.0 Å². The zero-order valence-electron chi connectivity index (χ0n) is 15.6. The van der Waals surface area contributed by atoms with Crippen molar-refractivity contribution in [3.8, 4) is 0 Å². The van der Waals surface area contributed by atoms with E-state index in [1.165, 1.54) is 30.4 Å². The summed E-state index contributed by atoms with van der Waals surface area (Å²) < 4.78 is 5.39. The number of hydrogen-bond donors (Lipinski definition) is 1. The molecule has 1 aliphatic carbocycles. The number of alkyl carbamates (subject to hydrolysis) is 1. The summed E-state index contributed by atoms with van der Waals surface area (Å²) in [5, 5.41) is 3.56. The van der Waals surface area contributed by atoms with Crippen LogP contribution in [-0.2, 0) is 10.3 Å². The van der Waals surface area contributed by atoms with Crippen molar-refractivity contribution in [3.05, 3.63) is 35.4 Å². The predicted molar refractivity (Wildman–Crippen MR) is 104 cm³/mol. The van der Waals surface area contributed by atoms with Crippen molar-refractivity contribution in [2.75, 3.05) is 5.75 Å². The van der Waals surface area contributed by atoms with Gasteiger partial charge in [0, 0.05) is 5.75 Å². The first-order valence-electron chi connectivity index (χ1n) is 9.08. The third-order valence-corrected chi connectivity index (χ3v) is 5.92. The second kappa shape index (κ2) is 7.02. The van der Waals surface area contributed by atoms with Crippen molar-refractivity contribution in [1.82, 2.24) is 5.32 Å². The highest BCUT2D eigenvalue weighted by Crippen LogP contribution is 2.49. The Morgan fingerprint density at radius 3 is 2.88 bits per heavy atom. The summed E-state index contributed by atoms with van der Waals surface area (Å²) >= 11 is 1.64. The van der Waals surface area contributed by atoms with Gasteiger partial charge in [0.05, 0.1) is 5.54 Å². The summed E-state index contributed by atoms with van der Waals surface area (Å²) in [7, 11) is 0. The highest BCUT2D eigenvalue weighted by atomic mass is 32.2. The summed E-state index contributed by atoms with van der Waals surface area (Å²) in [6.07, 6.45) is 4.26. The number of benzene rings is 1. The van der Waals surface area contributed by atoms with Crippen LogP contribution < -0.4 is 5.32 Å². The van der Waals surface area contributed by atoms with Gasteiger partial charge in [0.25, 0.3) is 0 Å². The number of amides is 1. The van der Waals surface area contributed by atoms with E-state index in [2.05, 4.69) is 36.5 Å². The lowest BCUT2D eigenvalue weighted by atomic mass is 9.69. The molecule has 1 aliphatic heterocycles. The maximum absolute atomic E-state index is 12.2. The zero-order valence-corrected chi connectivity index (χ0v) is 16.4. The quantitative estimate of drug-likeness (QED) is 0.766. The maximum Gasteiger partial charge on any atom is 0.413 e. The minimum absolute atomic E-state index is 0.208. The minimum atomic E-state index is -0.508. The highest BCUT2D eigenvalue weighted by molar-refractivity contribution is 8.13. The molecular formula is C20H28N2O2S. The Hall–Kier alpha value is -1.49. The standard InChI is InChI=1S/C20H28N2O2S/c1-14-8-7-10-15(12-14)20-11-6-5-9-16(20)13-25-17(22-20)21-18(23)24-19(2,3)4/h7-8,10,12,16H,5-6,9,11,13H2,1-4H3,(H,21,22,23)/t16-,20+/m0/s1. The third kappa shape index (κ3) is 4.20. The van der Waals surface area contributed by atoms with E-state index in [4.69, 9.17) is 9.73 Å². The Morgan fingerprint density at radius 2 is 2.16 bits per heavy atom. The van der Waals surface area contributed by atoms with Crippen molar-refractivity contribution in [3.63, 3.8) is 0 Å². The molecule has 0 saturated heterocycles. The van der Waals surface area contributed by atoms with Crippen LogP contribution in [0.3, 0.4) is 0 Å². The number of rotatable bonds is 1. The van der Waals surface area contributed by atoms with Crippen LogP contribution in [0.25, 0.3) is 0 Å². The van der Waals surface area contributed by atoms with E-state index in [0.717, 1.165) is 12.2 Å². The second-order valence-corrected chi connectivity index (χ2v) is 9.10. The molecule has 136 valence electrons.